The van der Waals surface area contributed by atoms with Gasteiger partial charge in [-0.3, -0.25) is 4.79 Å². The normalized spacial score (nSPS) is 18.9. The summed E-state index contributed by atoms with van der Waals surface area (Å²) in [5, 5.41) is 3.52. The van der Waals surface area contributed by atoms with Crippen LogP contribution in [-0.4, -0.2) is 54.6 Å². The van der Waals surface area contributed by atoms with Crippen LogP contribution >= 0.6 is 0 Å². The first kappa shape index (κ1) is 20.1. The fourth-order valence-corrected chi connectivity index (χ4v) is 4.27. The SMILES string of the molecule is CCOC(=O)N1CCC(N2C(=O)c3ccccc3[C@@H]2Nc2cccc(OC)c2)CC1. The Hall–Kier alpha value is -3.22. The Morgan fingerprint density at radius 2 is 1.90 bits per heavy atom. The number of ether oxygens (including phenoxy) is 2. The van der Waals surface area contributed by atoms with Crippen molar-refractivity contribution in [2.24, 2.45) is 0 Å². The van der Waals surface area contributed by atoms with E-state index in [9.17, 15) is 9.59 Å². The van der Waals surface area contributed by atoms with Crippen molar-refractivity contribution in [3.63, 3.8) is 0 Å². The lowest BCUT2D eigenvalue weighted by molar-refractivity contribution is 0.0496. The molecule has 2 aliphatic heterocycles. The van der Waals surface area contributed by atoms with E-state index in [1.54, 1.807) is 18.9 Å². The molecule has 2 aliphatic rings. The van der Waals surface area contributed by atoms with Crippen LogP contribution in [0.25, 0.3) is 0 Å². The summed E-state index contributed by atoms with van der Waals surface area (Å²) in [6.45, 7) is 3.33. The van der Waals surface area contributed by atoms with E-state index in [1.165, 1.54) is 0 Å². The van der Waals surface area contributed by atoms with Gasteiger partial charge >= 0.3 is 6.09 Å². The molecule has 0 spiro atoms. The summed E-state index contributed by atoms with van der Waals surface area (Å²) < 4.78 is 10.5. The highest BCUT2D eigenvalue weighted by Crippen LogP contribution is 2.38. The van der Waals surface area contributed by atoms with Crippen LogP contribution in [0.15, 0.2) is 48.5 Å². The number of fused-ring (bicyclic) bond motifs is 1. The van der Waals surface area contributed by atoms with Gasteiger partial charge in [0.15, 0.2) is 0 Å². The van der Waals surface area contributed by atoms with Crippen LogP contribution in [0.5, 0.6) is 5.75 Å². The molecular formula is C23H27N3O4. The number of hydrogen-bond donors (Lipinski definition) is 1. The Balaban J connectivity index is 1.56. The van der Waals surface area contributed by atoms with Gasteiger partial charge in [-0.05, 0) is 38.0 Å². The maximum atomic E-state index is 13.3. The third-order valence-electron chi connectivity index (χ3n) is 5.76. The summed E-state index contributed by atoms with van der Waals surface area (Å²) in [6.07, 6.45) is 0.891. The topological polar surface area (TPSA) is 71.1 Å². The number of methoxy groups -OCH3 is 1. The number of nitrogens with one attached hydrogen (secondary N) is 1. The molecular weight excluding hydrogens is 382 g/mol. The van der Waals surface area contributed by atoms with Crippen molar-refractivity contribution in [2.45, 2.75) is 32.0 Å². The monoisotopic (exact) mass is 409 g/mol. The van der Waals surface area contributed by atoms with Crippen molar-refractivity contribution in [3.05, 3.63) is 59.7 Å². The Morgan fingerprint density at radius 1 is 1.13 bits per heavy atom. The average molecular weight is 409 g/mol. The quantitative estimate of drug-likeness (QED) is 0.811. The zero-order chi connectivity index (χ0) is 21.1. The molecule has 1 atom stereocenters. The second-order valence-electron chi connectivity index (χ2n) is 7.50. The molecule has 0 aliphatic carbocycles. The first-order valence-electron chi connectivity index (χ1n) is 10.4. The standard InChI is InChI=1S/C23H27N3O4/c1-3-30-23(28)25-13-11-17(12-14-25)26-21(19-9-4-5-10-20(19)22(26)27)24-16-7-6-8-18(15-16)29-2/h4-10,15,17,21,24H,3,11-14H2,1-2H3/t21-/m1/s1. The third-order valence-corrected chi connectivity index (χ3v) is 5.76. The molecule has 7 heteroatoms. The van der Waals surface area contributed by atoms with E-state index in [1.807, 2.05) is 53.4 Å². The van der Waals surface area contributed by atoms with E-state index in [0.717, 1.165) is 35.4 Å². The van der Waals surface area contributed by atoms with E-state index in [2.05, 4.69) is 5.32 Å². The van der Waals surface area contributed by atoms with Gasteiger partial charge in [-0.1, -0.05) is 24.3 Å². The minimum absolute atomic E-state index is 0.0283. The second kappa shape index (κ2) is 8.65. The molecule has 158 valence electrons. The van der Waals surface area contributed by atoms with Crippen molar-refractivity contribution in [1.82, 2.24) is 9.80 Å². The molecule has 0 bridgehead atoms. The van der Waals surface area contributed by atoms with Gasteiger partial charge in [0.2, 0.25) is 0 Å². The van der Waals surface area contributed by atoms with Crippen LogP contribution in [0.1, 0.15) is 41.9 Å². The van der Waals surface area contributed by atoms with Crippen molar-refractivity contribution < 1.29 is 19.1 Å². The zero-order valence-corrected chi connectivity index (χ0v) is 17.3. The van der Waals surface area contributed by atoms with Crippen LogP contribution in [-0.2, 0) is 4.74 Å². The Labute approximate surface area is 176 Å². The number of anilines is 1. The van der Waals surface area contributed by atoms with E-state index in [-0.39, 0.29) is 24.2 Å². The molecule has 0 saturated carbocycles. The number of hydrogen-bond acceptors (Lipinski definition) is 5. The largest absolute Gasteiger partial charge is 0.497 e. The molecule has 0 radical (unpaired) electrons. The van der Waals surface area contributed by atoms with Crippen LogP contribution < -0.4 is 10.1 Å². The average Bonchev–Trinajstić information content (AvgIpc) is 3.06. The fourth-order valence-electron chi connectivity index (χ4n) is 4.27. The molecule has 1 saturated heterocycles. The van der Waals surface area contributed by atoms with Gasteiger partial charge in [0.05, 0.1) is 13.7 Å². The molecule has 1 N–H and O–H groups in total. The third kappa shape index (κ3) is 3.79. The number of amides is 2. The number of carbonyl (C=O) groups excluding carboxylic acids is 2. The number of rotatable bonds is 5. The Bertz CT molecular complexity index is 924. The smallest absolute Gasteiger partial charge is 0.409 e. The molecule has 0 aromatic heterocycles. The predicted molar refractivity (Wildman–Crippen MR) is 114 cm³/mol. The molecule has 4 rings (SSSR count). The van der Waals surface area contributed by atoms with E-state index < -0.39 is 0 Å². The second-order valence-corrected chi connectivity index (χ2v) is 7.50. The molecule has 2 amide bonds. The summed E-state index contributed by atoms with van der Waals surface area (Å²) in [6, 6.07) is 15.5. The molecule has 2 aromatic carbocycles. The van der Waals surface area contributed by atoms with Crippen LogP contribution in [0.2, 0.25) is 0 Å². The highest BCUT2D eigenvalue weighted by Gasteiger charge is 2.42. The van der Waals surface area contributed by atoms with E-state index in [0.29, 0.717) is 19.7 Å². The molecule has 7 nitrogen and oxygen atoms in total. The summed E-state index contributed by atoms with van der Waals surface area (Å²) in [5.74, 6) is 0.785. The minimum Gasteiger partial charge on any atom is -0.497 e. The fraction of sp³-hybridized carbons (Fsp3) is 0.391. The van der Waals surface area contributed by atoms with Crippen LogP contribution in [0, 0.1) is 0 Å². The van der Waals surface area contributed by atoms with Gasteiger partial charge in [-0.15, -0.1) is 0 Å². The summed E-state index contributed by atoms with van der Waals surface area (Å²) in [4.78, 5) is 29.0. The van der Waals surface area contributed by atoms with E-state index in [4.69, 9.17) is 9.47 Å². The van der Waals surface area contributed by atoms with Gasteiger partial charge in [0.25, 0.3) is 5.91 Å². The van der Waals surface area contributed by atoms with Gasteiger partial charge < -0.3 is 24.6 Å². The van der Waals surface area contributed by atoms with Gasteiger partial charge in [0, 0.05) is 42.0 Å². The minimum atomic E-state index is -0.280. The molecule has 30 heavy (non-hydrogen) atoms. The maximum absolute atomic E-state index is 13.3. The highest BCUT2D eigenvalue weighted by atomic mass is 16.6. The van der Waals surface area contributed by atoms with Gasteiger partial charge in [0.1, 0.15) is 11.9 Å². The molecule has 1 fully saturated rings. The van der Waals surface area contributed by atoms with Gasteiger partial charge in [-0.25, -0.2) is 4.79 Å². The first-order chi connectivity index (χ1) is 14.6. The number of benzene rings is 2. The summed E-state index contributed by atoms with van der Waals surface area (Å²) in [7, 11) is 1.64. The number of likely N-dealkylation sites (tertiary alicyclic amines) is 1. The van der Waals surface area contributed by atoms with Crippen LogP contribution in [0.4, 0.5) is 10.5 Å². The number of piperidine rings is 1. The maximum Gasteiger partial charge on any atom is 0.409 e. The van der Waals surface area contributed by atoms with E-state index >= 15 is 0 Å². The Morgan fingerprint density at radius 3 is 2.63 bits per heavy atom. The lowest BCUT2D eigenvalue weighted by Gasteiger charge is -2.39. The molecule has 2 aromatic rings. The van der Waals surface area contributed by atoms with Crippen LogP contribution in [0.3, 0.4) is 0 Å². The van der Waals surface area contributed by atoms with Crippen molar-refractivity contribution in [2.75, 3.05) is 32.1 Å². The zero-order valence-electron chi connectivity index (χ0n) is 17.3. The predicted octanol–water partition coefficient (Wildman–Crippen LogP) is 3.88. The van der Waals surface area contributed by atoms with Crippen molar-refractivity contribution in [3.8, 4) is 5.75 Å². The van der Waals surface area contributed by atoms with Crippen molar-refractivity contribution >= 4 is 17.7 Å². The van der Waals surface area contributed by atoms with Gasteiger partial charge in [-0.2, -0.15) is 0 Å². The highest BCUT2D eigenvalue weighted by molar-refractivity contribution is 5.99. The lowest BCUT2D eigenvalue weighted by atomic mass is 10.0. The first-order valence-corrected chi connectivity index (χ1v) is 10.4. The lowest BCUT2D eigenvalue weighted by Crippen LogP contribution is -2.49. The molecule has 0 unspecified atom stereocenters. The molecule has 2 heterocycles. The Kier molecular flexibility index (Phi) is 5.79. The summed E-state index contributed by atoms with van der Waals surface area (Å²) >= 11 is 0. The number of carbonyl (C=O) groups is 2. The summed E-state index contributed by atoms with van der Waals surface area (Å²) in [5.41, 5.74) is 2.58. The van der Waals surface area contributed by atoms with Crippen molar-refractivity contribution in [1.29, 1.82) is 0 Å². The number of nitrogens with zero attached hydrogens (tertiary/aromatic N) is 2.